The Morgan fingerprint density at radius 1 is 1.25 bits per heavy atom. The number of nitrogens with one attached hydrogen (secondary N) is 1. The highest BCUT2D eigenvalue weighted by Crippen LogP contribution is 2.18. The van der Waals surface area contributed by atoms with E-state index < -0.39 is 17.5 Å². The molecule has 1 saturated carbocycles. The number of nitrogens with zero attached hydrogens (tertiary/aromatic N) is 2. The highest BCUT2D eigenvalue weighted by molar-refractivity contribution is 6.30. The van der Waals surface area contributed by atoms with Gasteiger partial charge in [-0.05, 0) is 51.0 Å². The van der Waals surface area contributed by atoms with Gasteiger partial charge in [0.2, 0.25) is 11.1 Å². The van der Waals surface area contributed by atoms with Gasteiger partial charge in [-0.2, -0.15) is 5.10 Å². The van der Waals surface area contributed by atoms with Crippen LogP contribution in [-0.2, 0) is 9.53 Å². The molecule has 1 N–H and O–H groups in total. The van der Waals surface area contributed by atoms with E-state index in [-0.39, 0.29) is 17.6 Å². The molecule has 148 valence electrons. The summed E-state index contributed by atoms with van der Waals surface area (Å²) < 4.78 is 6.65. The number of benzene rings is 1. The Morgan fingerprint density at radius 3 is 2.54 bits per heavy atom. The lowest BCUT2D eigenvalue weighted by atomic mass is 10.2. The van der Waals surface area contributed by atoms with Crippen molar-refractivity contribution in [3.05, 3.63) is 57.0 Å². The Morgan fingerprint density at radius 2 is 1.89 bits per heavy atom. The predicted octanol–water partition coefficient (Wildman–Crippen LogP) is 2.80. The Balaban J connectivity index is 1.77. The number of amides is 1. The first-order valence-electron chi connectivity index (χ1n) is 9.23. The monoisotopic (exact) mass is 403 g/mol. The first kappa shape index (κ1) is 20.1. The van der Waals surface area contributed by atoms with Crippen molar-refractivity contribution in [2.45, 2.75) is 51.7 Å². The van der Waals surface area contributed by atoms with Crippen LogP contribution in [0.5, 0.6) is 0 Å². The maximum absolute atomic E-state index is 12.5. The van der Waals surface area contributed by atoms with Crippen molar-refractivity contribution in [1.29, 1.82) is 0 Å². The second-order valence-corrected chi connectivity index (χ2v) is 7.36. The summed E-state index contributed by atoms with van der Waals surface area (Å²) in [5, 5.41) is 7.57. The van der Waals surface area contributed by atoms with E-state index in [1.54, 1.807) is 31.2 Å². The van der Waals surface area contributed by atoms with Gasteiger partial charge in [0.15, 0.2) is 6.10 Å². The quantitative estimate of drug-likeness (QED) is 0.775. The van der Waals surface area contributed by atoms with E-state index in [1.807, 2.05) is 0 Å². The SMILES string of the molecule is Cc1cc(=O)c(C(=O)O[C@H](C)C(=O)NC2CCCC2)nn1-c1ccc(Cl)cc1. The van der Waals surface area contributed by atoms with Gasteiger partial charge in [-0.1, -0.05) is 24.4 Å². The number of rotatable bonds is 5. The van der Waals surface area contributed by atoms with Crippen LogP contribution in [0.25, 0.3) is 5.69 Å². The highest BCUT2D eigenvalue weighted by atomic mass is 35.5. The zero-order valence-corrected chi connectivity index (χ0v) is 16.5. The molecule has 0 bridgehead atoms. The summed E-state index contributed by atoms with van der Waals surface area (Å²) in [5.41, 5.74) is 0.260. The molecule has 1 fully saturated rings. The summed E-state index contributed by atoms with van der Waals surface area (Å²) in [6, 6.07) is 8.24. The van der Waals surface area contributed by atoms with Crippen molar-refractivity contribution in [1.82, 2.24) is 15.1 Å². The zero-order valence-electron chi connectivity index (χ0n) is 15.8. The lowest BCUT2D eigenvalue weighted by Crippen LogP contribution is -2.41. The number of carbonyl (C=O) groups is 2. The second kappa shape index (κ2) is 8.56. The minimum Gasteiger partial charge on any atom is -0.448 e. The van der Waals surface area contributed by atoms with E-state index in [0.29, 0.717) is 16.4 Å². The molecule has 1 atom stereocenters. The van der Waals surface area contributed by atoms with Crippen LogP contribution in [0.15, 0.2) is 35.1 Å². The number of carbonyl (C=O) groups excluding carboxylic acids is 2. The number of ether oxygens (including phenoxy) is 1. The summed E-state index contributed by atoms with van der Waals surface area (Å²) in [6.07, 6.45) is 3.00. The maximum Gasteiger partial charge on any atom is 0.363 e. The molecule has 0 saturated heterocycles. The zero-order chi connectivity index (χ0) is 20.3. The lowest BCUT2D eigenvalue weighted by molar-refractivity contribution is -0.129. The van der Waals surface area contributed by atoms with Crippen molar-refractivity contribution >= 4 is 23.5 Å². The van der Waals surface area contributed by atoms with Crippen LogP contribution >= 0.6 is 11.6 Å². The molecule has 1 heterocycles. The third-order valence-electron chi connectivity index (χ3n) is 4.73. The number of halogens is 1. The minimum absolute atomic E-state index is 0.119. The second-order valence-electron chi connectivity index (χ2n) is 6.92. The molecule has 2 aromatic rings. The van der Waals surface area contributed by atoms with Crippen LogP contribution in [0.4, 0.5) is 0 Å². The van der Waals surface area contributed by atoms with Crippen LogP contribution in [0.3, 0.4) is 0 Å². The van der Waals surface area contributed by atoms with Crippen LogP contribution in [0.2, 0.25) is 5.02 Å². The third kappa shape index (κ3) is 4.59. The molecule has 0 radical (unpaired) electrons. The van der Waals surface area contributed by atoms with Crippen molar-refractivity contribution < 1.29 is 14.3 Å². The molecule has 1 aromatic heterocycles. The van der Waals surface area contributed by atoms with E-state index in [4.69, 9.17) is 16.3 Å². The number of esters is 1. The van der Waals surface area contributed by atoms with Gasteiger partial charge in [0.05, 0.1) is 5.69 Å². The molecule has 7 nitrogen and oxygen atoms in total. The van der Waals surface area contributed by atoms with Crippen molar-refractivity contribution in [2.75, 3.05) is 0 Å². The molecule has 0 spiro atoms. The fourth-order valence-corrected chi connectivity index (χ4v) is 3.32. The fourth-order valence-electron chi connectivity index (χ4n) is 3.19. The minimum atomic E-state index is -1.01. The van der Waals surface area contributed by atoms with E-state index in [9.17, 15) is 14.4 Å². The van der Waals surface area contributed by atoms with Gasteiger partial charge in [0.25, 0.3) is 5.91 Å². The van der Waals surface area contributed by atoms with Crippen molar-refractivity contribution in [2.24, 2.45) is 0 Å². The third-order valence-corrected chi connectivity index (χ3v) is 4.98. The Kier molecular flexibility index (Phi) is 6.14. The standard InChI is InChI=1S/C20H22ClN3O4/c1-12-11-17(25)18(23-24(12)16-9-7-14(21)8-10-16)20(27)28-13(2)19(26)22-15-5-3-4-6-15/h7-11,13,15H,3-6H2,1-2H3,(H,22,26)/t13-/m1/s1. The largest absolute Gasteiger partial charge is 0.448 e. The smallest absolute Gasteiger partial charge is 0.363 e. The summed E-state index contributed by atoms with van der Waals surface area (Å²) in [4.78, 5) is 36.9. The Labute approximate surface area is 167 Å². The van der Waals surface area contributed by atoms with E-state index in [1.165, 1.54) is 17.7 Å². The molecular weight excluding hydrogens is 382 g/mol. The summed E-state index contributed by atoms with van der Waals surface area (Å²) in [7, 11) is 0. The molecule has 1 aliphatic carbocycles. The molecular formula is C20H22ClN3O4. The number of hydrogen-bond acceptors (Lipinski definition) is 5. The number of aromatic nitrogens is 2. The van der Waals surface area contributed by atoms with Gasteiger partial charge in [-0.15, -0.1) is 0 Å². The molecule has 1 aromatic carbocycles. The summed E-state index contributed by atoms with van der Waals surface area (Å²) in [6.45, 7) is 3.18. The van der Waals surface area contributed by atoms with Gasteiger partial charge >= 0.3 is 5.97 Å². The molecule has 1 amide bonds. The first-order valence-corrected chi connectivity index (χ1v) is 9.61. The number of hydrogen-bond donors (Lipinski definition) is 1. The van der Waals surface area contributed by atoms with Gasteiger partial charge in [-0.3, -0.25) is 9.59 Å². The van der Waals surface area contributed by atoms with Crippen LogP contribution in [0.1, 0.15) is 48.8 Å². The normalized spacial score (nSPS) is 15.2. The van der Waals surface area contributed by atoms with Crippen molar-refractivity contribution in [3.8, 4) is 5.69 Å². The van der Waals surface area contributed by atoms with E-state index in [2.05, 4.69) is 10.4 Å². The first-order chi connectivity index (χ1) is 13.3. The Hall–Kier alpha value is -2.67. The summed E-state index contributed by atoms with van der Waals surface area (Å²) in [5.74, 6) is -1.30. The van der Waals surface area contributed by atoms with Gasteiger partial charge in [0, 0.05) is 22.8 Å². The van der Waals surface area contributed by atoms with Crippen molar-refractivity contribution in [3.63, 3.8) is 0 Å². The topological polar surface area (TPSA) is 90.3 Å². The molecule has 3 rings (SSSR count). The van der Waals surface area contributed by atoms with Crippen LogP contribution in [0, 0.1) is 6.92 Å². The lowest BCUT2D eigenvalue weighted by Gasteiger charge is -2.17. The van der Waals surface area contributed by atoms with Crippen LogP contribution < -0.4 is 10.7 Å². The highest BCUT2D eigenvalue weighted by Gasteiger charge is 2.25. The van der Waals surface area contributed by atoms with E-state index in [0.717, 1.165) is 25.7 Å². The molecule has 8 heteroatoms. The van der Waals surface area contributed by atoms with E-state index >= 15 is 0 Å². The maximum atomic E-state index is 12.5. The predicted molar refractivity (Wildman–Crippen MR) is 105 cm³/mol. The average Bonchev–Trinajstić information content (AvgIpc) is 3.15. The summed E-state index contributed by atoms with van der Waals surface area (Å²) >= 11 is 5.90. The van der Waals surface area contributed by atoms with Gasteiger partial charge in [0.1, 0.15) is 0 Å². The Bertz CT molecular complexity index is 933. The van der Waals surface area contributed by atoms with Gasteiger partial charge < -0.3 is 10.1 Å². The fraction of sp³-hybridized carbons (Fsp3) is 0.400. The average molecular weight is 404 g/mol. The molecule has 0 aliphatic heterocycles. The molecule has 1 aliphatic rings. The molecule has 28 heavy (non-hydrogen) atoms. The van der Waals surface area contributed by atoms with Gasteiger partial charge in [-0.25, -0.2) is 9.48 Å². The molecule has 0 unspecified atom stereocenters. The van der Waals surface area contributed by atoms with Crippen LogP contribution in [-0.4, -0.2) is 33.8 Å². The number of aryl methyl sites for hydroxylation is 1.